The van der Waals surface area contributed by atoms with Crippen LogP contribution in [-0.4, -0.2) is 10.7 Å². The van der Waals surface area contributed by atoms with Crippen LogP contribution in [0.4, 0.5) is 5.69 Å². The normalized spacial score (nSPS) is 20.9. The Kier molecular flexibility index (Phi) is 2.73. The van der Waals surface area contributed by atoms with Gasteiger partial charge in [-0.2, -0.15) is 0 Å². The van der Waals surface area contributed by atoms with Crippen molar-refractivity contribution in [2.45, 2.75) is 26.7 Å². The van der Waals surface area contributed by atoms with Crippen LogP contribution in [0.2, 0.25) is 0 Å². The number of nitro benzene ring substituents is 1. The Hall–Kier alpha value is -1.71. The van der Waals surface area contributed by atoms with Gasteiger partial charge in [0.15, 0.2) is 0 Å². The number of hydrogen-bond donors (Lipinski definition) is 0. The molecule has 17 heavy (non-hydrogen) atoms. The predicted molar refractivity (Wildman–Crippen MR) is 63.7 cm³/mol. The fourth-order valence-electron chi connectivity index (χ4n) is 2.17. The summed E-state index contributed by atoms with van der Waals surface area (Å²) in [5.74, 6) is 0.187. The summed E-state index contributed by atoms with van der Waals surface area (Å²) in [7, 11) is 0. The summed E-state index contributed by atoms with van der Waals surface area (Å²) in [5.41, 5.74) is 0.644. The van der Waals surface area contributed by atoms with Crippen molar-refractivity contribution in [1.82, 2.24) is 0 Å². The Balaban J connectivity index is 2.14. The van der Waals surface area contributed by atoms with E-state index in [0.717, 1.165) is 6.42 Å². The van der Waals surface area contributed by atoms with Crippen LogP contribution in [0.1, 0.15) is 25.8 Å². The Morgan fingerprint density at radius 3 is 2.59 bits per heavy atom. The minimum Gasteiger partial charge on any atom is -0.299 e. The first-order valence-electron chi connectivity index (χ1n) is 5.67. The second kappa shape index (κ2) is 3.95. The smallest absolute Gasteiger partial charge is 0.273 e. The number of nitrogens with zero attached hydrogens (tertiary/aromatic N) is 1. The zero-order valence-electron chi connectivity index (χ0n) is 9.97. The molecule has 1 aromatic rings. The molecule has 0 spiro atoms. The first-order chi connectivity index (χ1) is 7.92. The van der Waals surface area contributed by atoms with Crippen molar-refractivity contribution in [2.24, 2.45) is 11.3 Å². The van der Waals surface area contributed by atoms with E-state index < -0.39 is 4.92 Å². The highest BCUT2D eigenvalue weighted by atomic mass is 16.6. The lowest BCUT2D eigenvalue weighted by molar-refractivity contribution is -0.385. The lowest BCUT2D eigenvalue weighted by atomic mass is 10.0. The van der Waals surface area contributed by atoms with E-state index in [4.69, 9.17) is 0 Å². The van der Waals surface area contributed by atoms with E-state index in [1.807, 2.05) is 0 Å². The molecule has 1 aliphatic carbocycles. The third-order valence-electron chi connectivity index (χ3n) is 3.46. The maximum absolute atomic E-state index is 11.9. The average Bonchev–Trinajstić information content (AvgIpc) is 2.88. The zero-order valence-corrected chi connectivity index (χ0v) is 9.97. The number of benzene rings is 1. The maximum atomic E-state index is 11.9. The van der Waals surface area contributed by atoms with Gasteiger partial charge in [-0.05, 0) is 11.8 Å². The quantitative estimate of drug-likeness (QED) is 0.593. The van der Waals surface area contributed by atoms with Crippen molar-refractivity contribution in [3.8, 4) is 0 Å². The van der Waals surface area contributed by atoms with E-state index in [1.54, 1.807) is 18.2 Å². The van der Waals surface area contributed by atoms with Crippen molar-refractivity contribution in [3.63, 3.8) is 0 Å². The van der Waals surface area contributed by atoms with Crippen molar-refractivity contribution in [2.75, 3.05) is 0 Å². The number of rotatable bonds is 4. The van der Waals surface area contributed by atoms with E-state index in [9.17, 15) is 14.9 Å². The first kappa shape index (κ1) is 11.8. The number of para-hydroxylation sites is 1. The standard InChI is InChI=1S/C13H15NO3/c1-13(2)8-10(13)12(15)7-9-5-3-4-6-11(9)14(16)17/h3-6,10H,7-8H2,1-2H3. The summed E-state index contributed by atoms with van der Waals surface area (Å²) >= 11 is 0. The highest BCUT2D eigenvalue weighted by Crippen LogP contribution is 2.52. The third-order valence-corrected chi connectivity index (χ3v) is 3.46. The van der Waals surface area contributed by atoms with E-state index in [2.05, 4.69) is 13.8 Å². The van der Waals surface area contributed by atoms with Gasteiger partial charge in [-0.25, -0.2) is 0 Å². The fraction of sp³-hybridized carbons (Fsp3) is 0.462. The molecule has 1 aliphatic rings. The summed E-state index contributed by atoms with van der Waals surface area (Å²) in [4.78, 5) is 22.3. The Morgan fingerprint density at radius 1 is 1.47 bits per heavy atom. The van der Waals surface area contributed by atoms with Gasteiger partial charge in [0.05, 0.1) is 4.92 Å². The van der Waals surface area contributed by atoms with Gasteiger partial charge in [-0.15, -0.1) is 0 Å². The van der Waals surface area contributed by atoms with Gasteiger partial charge in [-0.3, -0.25) is 14.9 Å². The van der Waals surface area contributed by atoms with E-state index in [1.165, 1.54) is 6.07 Å². The molecule has 4 heteroatoms. The zero-order chi connectivity index (χ0) is 12.6. The largest absolute Gasteiger partial charge is 0.299 e. The van der Waals surface area contributed by atoms with Gasteiger partial charge < -0.3 is 0 Å². The molecule has 1 fully saturated rings. The fourth-order valence-corrected chi connectivity index (χ4v) is 2.17. The van der Waals surface area contributed by atoms with Crippen LogP contribution in [-0.2, 0) is 11.2 Å². The monoisotopic (exact) mass is 233 g/mol. The van der Waals surface area contributed by atoms with E-state index >= 15 is 0 Å². The molecule has 1 atom stereocenters. The molecule has 0 aliphatic heterocycles. The Bertz CT molecular complexity index is 479. The maximum Gasteiger partial charge on any atom is 0.273 e. The number of Topliss-reactive ketones (excluding diaryl/α,β-unsaturated/α-hetero) is 1. The number of ketones is 1. The molecule has 1 saturated carbocycles. The molecule has 0 N–H and O–H groups in total. The summed E-state index contributed by atoms with van der Waals surface area (Å²) in [6, 6.07) is 6.45. The van der Waals surface area contributed by atoms with Gasteiger partial charge in [0.25, 0.3) is 5.69 Å². The summed E-state index contributed by atoms with van der Waals surface area (Å²) in [6.07, 6.45) is 1.07. The van der Waals surface area contributed by atoms with Gasteiger partial charge in [-0.1, -0.05) is 32.0 Å². The second-order valence-corrected chi connectivity index (χ2v) is 5.27. The summed E-state index contributed by atoms with van der Waals surface area (Å²) in [5, 5.41) is 10.8. The minimum absolute atomic E-state index is 0.0410. The highest BCUT2D eigenvalue weighted by Gasteiger charge is 2.50. The van der Waals surface area contributed by atoms with Crippen LogP contribution < -0.4 is 0 Å². The van der Waals surface area contributed by atoms with Crippen LogP contribution in [0.15, 0.2) is 24.3 Å². The molecule has 1 aromatic carbocycles. The van der Waals surface area contributed by atoms with Gasteiger partial charge in [0, 0.05) is 24.0 Å². The Morgan fingerprint density at radius 2 is 2.06 bits per heavy atom. The molecular weight excluding hydrogens is 218 g/mol. The number of carbonyl (C=O) groups is 1. The number of hydrogen-bond acceptors (Lipinski definition) is 3. The molecule has 0 aromatic heterocycles. The molecule has 1 unspecified atom stereocenters. The van der Waals surface area contributed by atoms with Crippen LogP contribution in [0.25, 0.3) is 0 Å². The SMILES string of the molecule is CC1(C)CC1C(=O)Cc1ccccc1[N+](=O)[O-]. The average molecular weight is 233 g/mol. The van der Waals surface area contributed by atoms with Crippen molar-refractivity contribution >= 4 is 11.5 Å². The van der Waals surface area contributed by atoms with Crippen molar-refractivity contribution in [1.29, 1.82) is 0 Å². The molecule has 0 radical (unpaired) electrons. The van der Waals surface area contributed by atoms with E-state index in [0.29, 0.717) is 5.56 Å². The summed E-state index contributed by atoms with van der Waals surface area (Å²) in [6.45, 7) is 4.10. The van der Waals surface area contributed by atoms with Crippen LogP contribution in [0, 0.1) is 21.4 Å². The van der Waals surface area contributed by atoms with Gasteiger partial charge in [0.2, 0.25) is 0 Å². The predicted octanol–water partition coefficient (Wildman–Crippen LogP) is 2.75. The van der Waals surface area contributed by atoms with Crippen LogP contribution in [0.5, 0.6) is 0 Å². The lowest BCUT2D eigenvalue weighted by Crippen LogP contribution is -2.10. The number of carbonyl (C=O) groups excluding carboxylic acids is 1. The Labute approximate surface area is 99.8 Å². The van der Waals surface area contributed by atoms with Crippen LogP contribution in [0.3, 0.4) is 0 Å². The molecule has 0 amide bonds. The summed E-state index contributed by atoms with van der Waals surface area (Å²) < 4.78 is 0. The molecule has 90 valence electrons. The highest BCUT2D eigenvalue weighted by molar-refractivity contribution is 5.87. The topological polar surface area (TPSA) is 60.2 Å². The van der Waals surface area contributed by atoms with Crippen LogP contribution >= 0.6 is 0 Å². The molecular formula is C13H15NO3. The van der Waals surface area contributed by atoms with E-state index in [-0.39, 0.29) is 29.2 Å². The molecule has 4 nitrogen and oxygen atoms in total. The lowest BCUT2D eigenvalue weighted by Gasteiger charge is -2.04. The first-order valence-corrected chi connectivity index (χ1v) is 5.67. The third kappa shape index (κ3) is 2.35. The molecule has 0 heterocycles. The molecule has 0 saturated heterocycles. The van der Waals surface area contributed by atoms with Gasteiger partial charge >= 0.3 is 0 Å². The second-order valence-electron chi connectivity index (χ2n) is 5.27. The molecule has 0 bridgehead atoms. The van der Waals surface area contributed by atoms with Gasteiger partial charge in [0.1, 0.15) is 5.78 Å². The van der Waals surface area contributed by atoms with Crippen molar-refractivity contribution < 1.29 is 9.72 Å². The number of nitro groups is 1. The minimum atomic E-state index is -0.430. The van der Waals surface area contributed by atoms with Crippen molar-refractivity contribution in [3.05, 3.63) is 39.9 Å². The molecule has 2 rings (SSSR count).